The third-order valence-electron chi connectivity index (χ3n) is 6.70. The Labute approximate surface area is 281 Å². The summed E-state index contributed by atoms with van der Waals surface area (Å²) in [5.74, 6) is -0.00338. The molecule has 38 heavy (non-hydrogen) atoms. The molecule has 0 saturated carbocycles. The first kappa shape index (κ1) is 37.5. The summed E-state index contributed by atoms with van der Waals surface area (Å²) >= 11 is 0. The molecule has 0 bridgehead atoms. The Balaban J connectivity index is 0.00000342. The second kappa shape index (κ2) is 14.9. The molecule has 0 fully saturated rings. The molecule has 0 atom stereocenters. The van der Waals surface area contributed by atoms with Crippen LogP contribution in [0.4, 0.5) is 0 Å². The van der Waals surface area contributed by atoms with Gasteiger partial charge >= 0.3 is 46.1 Å². The van der Waals surface area contributed by atoms with Crippen LogP contribution in [-0.4, -0.2) is 46.1 Å². The first-order chi connectivity index (χ1) is 15.9. The van der Waals surface area contributed by atoms with Gasteiger partial charge in [-0.2, -0.15) is 0 Å². The van der Waals surface area contributed by atoms with E-state index in [2.05, 4.69) is 53.7 Å². The number of fused-ring (bicyclic) bond motifs is 2. The van der Waals surface area contributed by atoms with Gasteiger partial charge in [-0.25, -0.2) is 0 Å². The minimum Gasteiger partial charge on any atom is -1.00 e. The quantitative estimate of drug-likeness (QED) is 0.300. The minimum absolute atomic E-state index is 0. The maximum absolute atomic E-state index is 14.0. The van der Waals surface area contributed by atoms with Crippen LogP contribution in [0.15, 0.2) is 60.7 Å². The zero-order chi connectivity index (χ0) is 24.7. The van der Waals surface area contributed by atoms with Gasteiger partial charge in [0, 0.05) is 0 Å². The Hall–Kier alpha value is -0.508. The van der Waals surface area contributed by atoms with Crippen LogP contribution in [0, 0.1) is 10.8 Å². The van der Waals surface area contributed by atoms with E-state index < -0.39 is 0 Å². The molecule has 0 saturated heterocycles. The van der Waals surface area contributed by atoms with Crippen LogP contribution >= 0.6 is 0 Å². The predicted molar refractivity (Wildman–Crippen MR) is 153 cm³/mol. The molecule has 4 aromatic carbocycles. The Morgan fingerprint density at radius 1 is 0.553 bits per heavy atom. The van der Waals surface area contributed by atoms with E-state index in [4.69, 9.17) is 0 Å². The van der Waals surface area contributed by atoms with Crippen molar-refractivity contribution in [2.45, 2.75) is 67.2 Å². The van der Waals surface area contributed by atoms with Gasteiger partial charge in [-0.05, 0) is 69.2 Å². The summed E-state index contributed by atoms with van der Waals surface area (Å²) in [7, 11) is 0. The van der Waals surface area contributed by atoms with Gasteiger partial charge in [0.15, 0.2) is 0 Å². The Morgan fingerprint density at radius 2 is 0.868 bits per heavy atom. The molecular formula is C32H36Br2Mg2O2. The average molecular weight is 661 g/mol. The second-order valence-corrected chi connectivity index (χ2v) is 12.0. The summed E-state index contributed by atoms with van der Waals surface area (Å²) in [6.45, 7) is 13.2. The normalized spacial score (nSPS) is 11.2. The van der Waals surface area contributed by atoms with Crippen molar-refractivity contribution in [2.24, 2.45) is 10.8 Å². The van der Waals surface area contributed by atoms with Gasteiger partial charge in [0.1, 0.15) is 0 Å². The van der Waals surface area contributed by atoms with E-state index in [0.29, 0.717) is 24.0 Å². The summed E-state index contributed by atoms with van der Waals surface area (Å²) in [6, 6.07) is 20.0. The molecule has 4 rings (SSSR count). The van der Waals surface area contributed by atoms with Crippen LogP contribution in [0.1, 0.15) is 65.5 Å². The van der Waals surface area contributed by atoms with E-state index in [-0.39, 0.29) is 102 Å². The van der Waals surface area contributed by atoms with E-state index in [1.54, 1.807) is 0 Å². The largest absolute Gasteiger partial charge is 2.00 e. The van der Waals surface area contributed by atoms with Crippen molar-refractivity contribution in [3.05, 3.63) is 71.8 Å². The smallest absolute Gasteiger partial charge is 1.00 e. The molecule has 2 nitrogen and oxygen atoms in total. The average Bonchev–Trinajstić information content (AvgIpc) is 2.76. The Bertz CT molecular complexity index is 1250. The SMILES string of the molecule is CC(C)(C)CCc1cc2ccccc2c(-c2c([O-])c(CCC(C)(C)C)cc3ccccc23)c1[O-].[Br-].[Br-].[Mg+2].[Mg+2]. The topological polar surface area (TPSA) is 46.1 Å². The standard InChI is InChI=1S/C32H38O2.2BrH.2Mg/c1-31(2,3)17-15-23-19-21-11-7-9-13-25(21)27(29(23)33)28-26-14-10-8-12-22(26)20-24(30(28)34)16-18-32(4,5)6;;;;/h7-14,19-20,33-34H,15-18H2,1-6H3;2*1H;;/q;;;2*+2/p-4. The minimum atomic E-state index is -0.00169. The van der Waals surface area contributed by atoms with Crippen molar-refractivity contribution in [3.8, 4) is 22.6 Å². The molecule has 0 amide bonds. The number of benzene rings is 4. The molecule has 0 heterocycles. The van der Waals surface area contributed by atoms with E-state index in [1.807, 2.05) is 48.5 Å². The number of aryl methyl sites for hydroxylation is 2. The van der Waals surface area contributed by atoms with Gasteiger partial charge in [-0.1, -0.05) is 125 Å². The molecule has 0 aliphatic heterocycles. The van der Waals surface area contributed by atoms with Gasteiger partial charge in [0.2, 0.25) is 0 Å². The Kier molecular flexibility index (Phi) is 14.7. The maximum atomic E-state index is 14.0. The molecule has 0 aliphatic carbocycles. The summed E-state index contributed by atoms with van der Waals surface area (Å²) in [5, 5.41) is 31.7. The second-order valence-electron chi connectivity index (χ2n) is 12.0. The van der Waals surface area contributed by atoms with Crippen LogP contribution in [0.25, 0.3) is 32.7 Å². The maximum Gasteiger partial charge on any atom is 2.00 e. The monoisotopic (exact) mass is 658 g/mol. The van der Waals surface area contributed by atoms with Gasteiger partial charge in [-0.15, -0.1) is 0 Å². The summed E-state index contributed by atoms with van der Waals surface area (Å²) in [4.78, 5) is 0. The molecule has 4 aromatic rings. The predicted octanol–water partition coefficient (Wildman–Crippen LogP) is 1.01. The van der Waals surface area contributed by atoms with Crippen molar-refractivity contribution >= 4 is 67.7 Å². The molecule has 0 N–H and O–H groups in total. The van der Waals surface area contributed by atoms with E-state index >= 15 is 0 Å². The summed E-state index contributed by atoms with van der Waals surface area (Å²) in [6.07, 6.45) is 3.24. The van der Waals surface area contributed by atoms with Crippen molar-refractivity contribution in [1.29, 1.82) is 0 Å². The molecule has 0 aliphatic rings. The molecular weight excluding hydrogens is 625 g/mol. The van der Waals surface area contributed by atoms with Gasteiger partial charge in [-0.3, -0.25) is 0 Å². The third kappa shape index (κ3) is 8.74. The number of hydrogen-bond donors (Lipinski definition) is 0. The van der Waals surface area contributed by atoms with E-state index in [1.165, 1.54) is 0 Å². The fourth-order valence-corrected chi connectivity index (χ4v) is 4.66. The van der Waals surface area contributed by atoms with Crippen LogP contribution < -0.4 is 44.2 Å². The van der Waals surface area contributed by atoms with Crippen LogP contribution in [0.3, 0.4) is 0 Å². The number of hydrogen-bond acceptors (Lipinski definition) is 2. The molecule has 0 spiro atoms. The van der Waals surface area contributed by atoms with Crippen LogP contribution in [-0.2, 0) is 12.8 Å². The van der Waals surface area contributed by atoms with Crippen LogP contribution in [0.2, 0.25) is 0 Å². The molecule has 0 radical (unpaired) electrons. The van der Waals surface area contributed by atoms with E-state index in [9.17, 15) is 10.2 Å². The fraction of sp³-hybridized carbons (Fsp3) is 0.375. The third-order valence-corrected chi connectivity index (χ3v) is 6.70. The fourth-order valence-electron chi connectivity index (χ4n) is 4.66. The number of halogens is 2. The first-order valence-corrected chi connectivity index (χ1v) is 12.4. The van der Waals surface area contributed by atoms with Gasteiger partial charge < -0.3 is 44.2 Å². The van der Waals surface area contributed by atoms with Crippen molar-refractivity contribution in [2.75, 3.05) is 0 Å². The molecule has 6 heteroatoms. The zero-order valence-electron chi connectivity index (χ0n) is 23.6. The number of rotatable bonds is 5. The first-order valence-electron chi connectivity index (χ1n) is 12.4. The summed E-state index contributed by atoms with van der Waals surface area (Å²) < 4.78 is 0. The van der Waals surface area contributed by atoms with Crippen LogP contribution in [0.5, 0.6) is 11.5 Å². The van der Waals surface area contributed by atoms with Crippen molar-refractivity contribution in [3.63, 3.8) is 0 Å². The zero-order valence-corrected chi connectivity index (χ0v) is 29.6. The molecule has 194 valence electrons. The Morgan fingerprint density at radius 3 is 1.18 bits per heavy atom. The van der Waals surface area contributed by atoms with Crippen molar-refractivity contribution in [1.82, 2.24) is 0 Å². The van der Waals surface area contributed by atoms with E-state index in [0.717, 1.165) is 45.5 Å². The molecule has 0 unspecified atom stereocenters. The van der Waals surface area contributed by atoms with Gasteiger partial charge in [0.25, 0.3) is 0 Å². The molecule has 0 aromatic heterocycles. The summed E-state index contributed by atoms with van der Waals surface area (Å²) in [5.41, 5.74) is 2.99. The van der Waals surface area contributed by atoms with Crippen molar-refractivity contribution < 1.29 is 44.2 Å². The van der Waals surface area contributed by atoms with Gasteiger partial charge in [0.05, 0.1) is 0 Å².